The molecule has 1 N–H and O–H groups in total. The van der Waals surface area contributed by atoms with Crippen LogP contribution in [-0.2, 0) is 17.0 Å². The van der Waals surface area contributed by atoms with Gasteiger partial charge in [0, 0.05) is 29.0 Å². The minimum Gasteiger partial charge on any atom is -0.339 e. The van der Waals surface area contributed by atoms with Crippen molar-refractivity contribution in [1.82, 2.24) is 20.3 Å². The second-order valence-corrected chi connectivity index (χ2v) is 10.3. The number of anilines is 1. The van der Waals surface area contributed by atoms with Crippen molar-refractivity contribution in [2.24, 2.45) is 0 Å². The number of nitrogens with zero attached hydrogens (tertiary/aromatic N) is 4. The van der Waals surface area contributed by atoms with Crippen molar-refractivity contribution in [2.45, 2.75) is 42.7 Å². The summed E-state index contributed by atoms with van der Waals surface area (Å²) < 4.78 is 6.13. The maximum atomic E-state index is 12.3. The molecule has 0 saturated heterocycles. The number of aryl methyl sites for hydroxylation is 1. The molecule has 4 rings (SSSR count). The molecule has 7 nitrogen and oxygen atoms in total. The van der Waals surface area contributed by atoms with Gasteiger partial charge in [-0.15, -0.1) is 21.5 Å². The fourth-order valence-electron chi connectivity index (χ4n) is 2.74. The third kappa shape index (κ3) is 5.99. The third-order valence-electron chi connectivity index (χ3n) is 4.44. The number of hydrogen-bond donors (Lipinski definition) is 1. The second-order valence-electron chi connectivity index (χ2n) is 7.08. The van der Waals surface area contributed by atoms with Crippen LogP contribution in [0.3, 0.4) is 0 Å². The summed E-state index contributed by atoms with van der Waals surface area (Å²) in [5.41, 5.74) is 2.15. The number of rotatable bonds is 9. The van der Waals surface area contributed by atoms with E-state index in [1.807, 2.05) is 18.2 Å². The molecule has 3 heterocycles. The summed E-state index contributed by atoms with van der Waals surface area (Å²) in [5, 5.41) is 17.5. The SMILES string of the molecule is CC(C)c1ccc(-c2noc(CCC(=O)Nc3nnc(SCc4cccs4)s3)n2)cc1. The Kier molecular flexibility index (Phi) is 7.10. The first-order valence-electron chi connectivity index (χ1n) is 9.78. The van der Waals surface area contributed by atoms with Crippen molar-refractivity contribution in [3.8, 4) is 11.4 Å². The zero-order chi connectivity index (χ0) is 21.6. The Balaban J connectivity index is 1.25. The number of amides is 1. The minimum absolute atomic E-state index is 0.160. The Bertz CT molecular complexity index is 1120. The van der Waals surface area contributed by atoms with Gasteiger partial charge in [-0.1, -0.05) is 72.4 Å². The average molecular weight is 472 g/mol. The average Bonchev–Trinajstić information content (AvgIpc) is 3.53. The molecule has 10 heteroatoms. The predicted molar refractivity (Wildman–Crippen MR) is 125 cm³/mol. The van der Waals surface area contributed by atoms with Crippen molar-refractivity contribution < 1.29 is 9.32 Å². The molecule has 0 spiro atoms. The second kappa shape index (κ2) is 10.2. The van der Waals surface area contributed by atoms with Gasteiger partial charge in [-0.25, -0.2) is 0 Å². The summed E-state index contributed by atoms with van der Waals surface area (Å²) in [6, 6.07) is 12.2. The van der Waals surface area contributed by atoms with E-state index in [2.05, 4.69) is 63.1 Å². The molecule has 4 aromatic rings. The number of aromatic nitrogens is 4. The van der Waals surface area contributed by atoms with Crippen molar-refractivity contribution in [2.75, 3.05) is 5.32 Å². The highest BCUT2D eigenvalue weighted by atomic mass is 32.2. The molecule has 3 aromatic heterocycles. The largest absolute Gasteiger partial charge is 0.339 e. The van der Waals surface area contributed by atoms with E-state index in [4.69, 9.17) is 4.52 Å². The molecule has 0 radical (unpaired) electrons. The Hall–Kier alpha value is -2.56. The van der Waals surface area contributed by atoms with Crippen molar-refractivity contribution in [3.05, 3.63) is 58.1 Å². The molecule has 0 aliphatic heterocycles. The van der Waals surface area contributed by atoms with Crippen molar-refractivity contribution in [1.29, 1.82) is 0 Å². The number of nitrogens with one attached hydrogen (secondary N) is 1. The van der Waals surface area contributed by atoms with E-state index in [1.165, 1.54) is 21.8 Å². The van der Waals surface area contributed by atoms with E-state index < -0.39 is 0 Å². The smallest absolute Gasteiger partial charge is 0.227 e. The molecule has 1 aromatic carbocycles. The van der Waals surface area contributed by atoms with Gasteiger partial charge in [0.15, 0.2) is 4.34 Å². The lowest BCUT2D eigenvalue weighted by atomic mass is 10.0. The van der Waals surface area contributed by atoms with Crippen LogP contribution in [0, 0.1) is 0 Å². The summed E-state index contributed by atoms with van der Waals surface area (Å²) in [7, 11) is 0. The zero-order valence-electron chi connectivity index (χ0n) is 17.1. The standard InChI is InChI=1S/C21H21N5O2S3/c1-13(2)14-5-7-15(8-6-14)19-23-18(28-26-19)10-9-17(27)22-20-24-25-21(31-20)30-12-16-4-3-11-29-16/h3-8,11,13H,9-10,12H2,1-2H3,(H,22,24,27). The van der Waals surface area contributed by atoms with E-state index >= 15 is 0 Å². The van der Waals surface area contributed by atoms with E-state index in [0.29, 0.717) is 29.2 Å². The van der Waals surface area contributed by atoms with Crippen molar-refractivity contribution >= 4 is 45.5 Å². The summed E-state index contributed by atoms with van der Waals surface area (Å²) in [6.45, 7) is 4.30. The summed E-state index contributed by atoms with van der Waals surface area (Å²) in [5.74, 6) is 2.12. The predicted octanol–water partition coefficient (Wildman–Crippen LogP) is 5.64. The number of benzene rings is 1. The van der Waals surface area contributed by atoms with Gasteiger partial charge >= 0.3 is 0 Å². The maximum absolute atomic E-state index is 12.3. The van der Waals surface area contributed by atoms with E-state index in [-0.39, 0.29) is 12.3 Å². The van der Waals surface area contributed by atoms with Gasteiger partial charge in [0.05, 0.1) is 0 Å². The molecule has 0 bridgehead atoms. The maximum Gasteiger partial charge on any atom is 0.227 e. The van der Waals surface area contributed by atoms with Gasteiger partial charge < -0.3 is 9.84 Å². The number of thiophene rings is 1. The number of hydrogen-bond acceptors (Lipinski definition) is 9. The molecular formula is C21H21N5O2S3. The van der Waals surface area contributed by atoms with Crippen LogP contribution in [0.25, 0.3) is 11.4 Å². The topological polar surface area (TPSA) is 93.8 Å². The quantitative estimate of drug-likeness (QED) is 0.249. The molecule has 0 saturated carbocycles. The van der Waals surface area contributed by atoms with E-state index in [9.17, 15) is 4.79 Å². The van der Waals surface area contributed by atoms with Gasteiger partial charge in [-0.3, -0.25) is 4.79 Å². The number of carbonyl (C=O) groups is 1. The van der Waals surface area contributed by atoms with Gasteiger partial charge in [-0.2, -0.15) is 4.98 Å². The van der Waals surface area contributed by atoms with E-state index in [0.717, 1.165) is 15.7 Å². The van der Waals surface area contributed by atoms with Crippen LogP contribution in [0.15, 0.2) is 50.6 Å². The first kappa shape index (κ1) is 21.7. The lowest BCUT2D eigenvalue weighted by Gasteiger charge is -2.04. The fourth-order valence-corrected chi connectivity index (χ4v) is 5.28. The van der Waals surface area contributed by atoms with E-state index in [1.54, 1.807) is 23.1 Å². The summed E-state index contributed by atoms with van der Waals surface area (Å²) in [6.07, 6.45) is 0.590. The molecule has 1 amide bonds. The zero-order valence-corrected chi connectivity index (χ0v) is 19.5. The Morgan fingerprint density at radius 1 is 1.19 bits per heavy atom. The lowest BCUT2D eigenvalue weighted by Crippen LogP contribution is -2.12. The summed E-state index contributed by atoms with van der Waals surface area (Å²) in [4.78, 5) is 17.9. The normalized spacial score (nSPS) is 11.2. The highest BCUT2D eigenvalue weighted by Gasteiger charge is 2.13. The highest BCUT2D eigenvalue weighted by Crippen LogP contribution is 2.29. The molecule has 31 heavy (non-hydrogen) atoms. The fraction of sp³-hybridized carbons (Fsp3) is 0.286. The van der Waals surface area contributed by atoms with Crippen molar-refractivity contribution in [3.63, 3.8) is 0 Å². The molecule has 0 unspecified atom stereocenters. The molecule has 0 aliphatic carbocycles. The Labute approximate surface area is 192 Å². The lowest BCUT2D eigenvalue weighted by molar-refractivity contribution is -0.116. The van der Waals surface area contributed by atoms with Crippen LogP contribution < -0.4 is 5.32 Å². The summed E-state index contributed by atoms with van der Waals surface area (Å²) >= 11 is 4.69. The van der Waals surface area contributed by atoms with Gasteiger partial charge in [0.1, 0.15) is 0 Å². The van der Waals surface area contributed by atoms with Gasteiger partial charge in [0.2, 0.25) is 22.8 Å². The third-order valence-corrected chi connectivity index (χ3v) is 7.52. The Morgan fingerprint density at radius 2 is 2.03 bits per heavy atom. The highest BCUT2D eigenvalue weighted by molar-refractivity contribution is 8.00. The number of carbonyl (C=O) groups excluding carboxylic acids is 1. The molecule has 0 atom stereocenters. The minimum atomic E-state index is -0.160. The Morgan fingerprint density at radius 3 is 2.77 bits per heavy atom. The van der Waals surface area contributed by atoms with Crippen LogP contribution in [0.2, 0.25) is 0 Å². The first-order chi connectivity index (χ1) is 15.1. The van der Waals surface area contributed by atoms with Gasteiger partial charge in [-0.05, 0) is 22.9 Å². The molecule has 0 aliphatic rings. The molecule has 0 fully saturated rings. The number of thioether (sulfide) groups is 1. The molecule has 160 valence electrons. The first-order valence-corrected chi connectivity index (χ1v) is 12.5. The van der Waals surface area contributed by atoms with Crippen LogP contribution in [0.4, 0.5) is 5.13 Å². The van der Waals surface area contributed by atoms with Gasteiger partial charge in [0.25, 0.3) is 0 Å². The van der Waals surface area contributed by atoms with Crippen LogP contribution in [0.1, 0.15) is 42.5 Å². The monoisotopic (exact) mass is 471 g/mol. The van der Waals surface area contributed by atoms with Crippen LogP contribution >= 0.6 is 34.4 Å². The van der Waals surface area contributed by atoms with Crippen LogP contribution in [-0.4, -0.2) is 26.2 Å². The molecular weight excluding hydrogens is 450 g/mol. The van der Waals surface area contributed by atoms with Crippen LogP contribution in [0.5, 0.6) is 0 Å².